The molecule has 0 saturated carbocycles. The highest BCUT2D eigenvalue weighted by Crippen LogP contribution is 2.08. The van der Waals surface area contributed by atoms with Gasteiger partial charge in [0.1, 0.15) is 5.82 Å². The Balaban J connectivity index is 2.44. The first-order valence-corrected chi connectivity index (χ1v) is 5.59. The monoisotopic (exact) mass is 211 g/mol. The van der Waals surface area contributed by atoms with Crippen LogP contribution >= 0.6 is 0 Å². The van der Waals surface area contributed by atoms with Crippen LogP contribution in [0, 0.1) is 0 Å². The largest absolute Gasteiger partial charge is 0.383 e. The van der Waals surface area contributed by atoms with Crippen LogP contribution in [0.25, 0.3) is 0 Å². The Hall–Kier alpha value is -1.03. The minimum absolute atomic E-state index is 0.524. The summed E-state index contributed by atoms with van der Waals surface area (Å²) in [4.78, 5) is 0. The molecule has 1 N–H and O–H groups in total. The third-order valence-corrected chi connectivity index (χ3v) is 2.50. The Morgan fingerprint density at radius 1 is 1.47 bits per heavy atom. The predicted molar refractivity (Wildman–Crippen MR) is 62.1 cm³/mol. The maximum absolute atomic E-state index is 5.00. The van der Waals surface area contributed by atoms with Gasteiger partial charge in [-0.15, -0.1) is 0 Å². The topological polar surface area (TPSA) is 39.1 Å². The van der Waals surface area contributed by atoms with Crippen LogP contribution in [0.4, 0.5) is 5.82 Å². The molecule has 0 aliphatic heterocycles. The molecule has 0 saturated heterocycles. The van der Waals surface area contributed by atoms with Gasteiger partial charge in [0.25, 0.3) is 0 Å². The molecule has 1 rings (SSSR count). The minimum atomic E-state index is 0.524. The van der Waals surface area contributed by atoms with Crippen molar-refractivity contribution in [2.24, 2.45) is 0 Å². The lowest BCUT2D eigenvalue weighted by Crippen LogP contribution is -2.17. The molecule has 0 aliphatic rings. The first-order chi connectivity index (χ1) is 7.30. The van der Waals surface area contributed by atoms with Crippen molar-refractivity contribution in [3.8, 4) is 0 Å². The van der Waals surface area contributed by atoms with Crippen molar-refractivity contribution in [3.05, 3.63) is 12.3 Å². The lowest BCUT2D eigenvalue weighted by Gasteiger charge is -2.13. The van der Waals surface area contributed by atoms with Crippen LogP contribution in [0.15, 0.2) is 12.3 Å². The number of rotatable bonds is 7. The Kier molecular flexibility index (Phi) is 5.18. The predicted octanol–water partition coefficient (Wildman–Crippen LogP) is 2.13. The average Bonchev–Trinajstić information content (AvgIpc) is 2.70. The van der Waals surface area contributed by atoms with Crippen molar-refractivity contribution in [1.29, 1.82) is 0 Å². The maximum Gasteiger partial charge on any atom is 0.148 e. The van der Waals surface area contributed by atoms with Gasteiger partial charge in [0.2, 0.25) is 0 Å². The van der Waals surface area contributed by atoms with Gasteiger partial charge >= 0.3 is 0 Å². The zero-order valence-electron chi connectivity index (χ0n) is 9.86. The zero-order chi connectivity index (χ0) is 11.1. The third kappa shape index (κ3) is 3.91. The number of hydrogen-bond acceptors (Lipinski definition) is 3. The molecule has 1 heterocycles. The Morgan fingerprint density at radius 3 is 2.80 bits per heavy atom. The smallest absolute Gasteiger partial charge is 0.148 e. The lowest BCUT2D eigenvalue weighted by molar-refractivity contribution is 0.183. The number of aromatic nitrogens is 2. The van der Waals surface area contributed by atoms with Crippen LogP contribution < -0.4 is 5.32 Å². The fourth-order valence-electron chi connectivity index (χ4n) is 1.45. The molecule has 4 heteroatoms. The number of anilines is 1. The first kappa shape index (κ1) is 12.0. The number of hydrogen-bond donors (Lipinski definition) is 1. The van der Waals surface area contributed by atoms with Crippen molar-refractivity contribution < 1.29 is 4.74 Å². The molecule has 86 valence electrons. The van der Waals surface area contributed by atoms with Crippen molar-refractivity contribution in [3.63, 3.8) is 0 Å². The lowest BCUT2D eigenvalue weighted by atomic mass is 10.2. The van der Waals surface area contributed by atoms with E-state index in [2.05, 4.69) is 24.3 Å². The van der Waals surface area contributed by atoms with Gasteiger partial charge in [0, 0.05) is 25.4 Å². The Labute approximate surface area is 91.6 Å². The summed E-state index contributed by atoms with van der Waals surface area (Å²) < 4.78 is 6.89. The van der Waals surface area contributed by atoms with Gasteiger partial charge in [0.15, 0.2) is 0 Å². The second-order valence-corrected chi connectivity index (χ2v) is 3.61. The molecule has 0 aliphatic carbocycles. The molecule has 0 aromatic carbocycles. The van der Waals surface area contributed by atoms with Crippen LogP contribution in [0.2, 0.25) is 0 Å². The average molecular weight is 211 g/mol. The van der Waals surface area contributed by atoms with E-state index in [1.165, 1.54) is 0 Å². The van der Waals surface area contributed by atoms with E-state index < -0.39 is 0 Å². The molecule has 0 radical (unpaired) electrons. The maximum atomic E-state index is 5.00. The molecule has 0 unspecified atom stereocenters. The summed E-state index contributed by atoms with van der Waals surface area (Å²) >= 11 is 0. The van der Waals surface area contributed by atoms with E-state index in [0.717, 1.165) is 25.2 Å². The highest BCUT2D eigenvalue weighted by molar-refractivity contribution is 5.33. The molecule has 0 atom stereocenters. The van der Waals surface area contributed by atoms with Crippen molar-refractivity contribution >= 4 is 5.82 Å². The number of nitrogens with zero attached hydrogens (tertiary/aromatic N) is 2. The Bertz CT molecular complexity index is 269. The standard InChI is InChI=1S/C11H21N3O/c1-4-10(5-2)12-11-6-7-14(13-11)8-9-15-3/h6-7,10H,4-5,8-9H2,1-3H3,(H,12,13). The van der Waals surface area contributed by atoms with Gasteiger partial charge in [-0.1, -0.05) is 13.8 Å². The SMILES string of the molecule is CCC(CC)Nc1ccn(CCOC)n1. The Morgan fingerprint density at radius 2 is 2.20 bits per heavy atom. The molecular weight excluding hydrogens is 190 g/mol. The van der Waals surface area contributed by atoms with Crippen LogP contribution in [0.1, 0.15) is 26.7 Å². The summed E-state index contributed by atoms with van der Waals surface area (Å²) in [7, 11) is 1.70. The van der Waals surface area contributed by atoms with Crippen LogP contribution in [-0.2, 0) is 11.3 Å². The highest BCUT2D eigenvalue weighted by Gasteiger charge is 2.04. The van der Waals surface area contributed by atoms with E-state index in [1.807, 2.05) is 16.9 Å². The summed E-state index contributed by atoms with van der Waals surface area (Å²) in [6.07, 6.45) is 4.23. The fraction of sp³-hybridized carbons (Fsp3) is 0.727. The van der Waals surface area contributed by atoms with Crippen molar-refractivity contribution in [2.75, 3.05) is 19.0 Å². The summed E-state index contributed by atoms with van der Waals surface area (Å²) in [5, 5.41) is 7.81. The van der Waals surface area contributed by atoms with E-state index in [-0.39, 0.29) is 0 Å². The second-order valence-electron chi connectivity index (χ2n) is 3.61. The van der Waals surface area contributed by atoms with Gasteiger partial charge in [0.05, 0.1) is 13.2 Å². The molecule has 0 fully saturated rings. The van der Waals surface area contributed by atoms with Gasteiger partial charge in [-0.25, -0.2) is 0 Å². The van der Waals surface area contributed by atoms with Gasteiger partial charge in [-0.3, -0.25) is 4.68 Å². The van der Waals surface area contributed by atoms with E-state index >= 15 is 0 Å². The van der Waals surface area contributed by atoms with Gasteiger partial charge in [-0.2, -0.15) is 5.10 Å². The quantitative estimate of drug-likeness (QED) is 0.751. The highest BCUT2D eigenvalue weighted by atomic mass is 16.5. The van der Waals surface area contributed by atoms with E-state index in [1.54, 1.807) is 7.11 Å². The molecule has 0 spiro atoms. The van der Waals surface area contributed by atoms with Crippen LogP contribution in [0.5, 0.6) is 0 Å². The van der Waals surface area contributed by atoms with E-state index in [0.29, 0.717) is 12.6 Å². The van der Waals surface area contributed by atoms with Crippen molar-refractivity contribution in [1.82, 2.24) is 9.78 Å². The number of nitrogens with one attached hydrogen (secondary N) is 1. The molecule has 0 bridgehead atoms. The van der Waals surface area contributed by atoms with Gasteiger partial charge < -0.3 is 10.1 Å². The summed E-state index contributed by atoms with van der Waals surface area (Å²) in [6, 6.07) is 2.53. The number of ether oxygens (including phenoxy) is 1. The molecule has 15 heavy (non-hydrogen) atoms. The van der Waals surface area contributed by atoms with Crippen LogP contribution in [-0.4, -0.2) is 29.5 Å². The van der Waals surface area contributed by atoms with E-state index in [4.69, 9.17) is 4.74 Å². The van der Waals surface area contributed by atoms with E-state index in [9.17, 15) is 0 Å². The normalized spacial score (nSPS) is 10.9. The second kappa shape index (κ2) is 6.45. The number of methoxy groups -OCH3 is 1. The molecule has 1 aromatic heterocycles. The molecule has 4 nitrogen and oxygen atoms in total. The minimum Gasteiger partial charge on any atom is -0.383 e. The summed E-state index contributed by atoms with van der Waals surface area (Å²) in [5.74, 6) is 0.958. The molecule has 0 amide bonds. The van der Waals surface area contributed by atoms with Gasteiger partial charge in [-0.05, 0) is 12.8 Å². The third-order valence-electron chi connectivity index (χ3n) is 2.50. The van der Waals surface area contributed by atoms with Crippen molar-refractivity contribution in [2.45, 2.75) is 39.3 Å². The van der Waals surface area contributed by atoms with Crippen LogP contribution in [0.3, 0.4) is 0 Å². The molecular formula is C11H21N3O. The molecule has 1 aromatic rings. The first-order valence-electron chi connectivity index (χ1n) is 5.59. The summed E-state index contributed by atoms with van der Waals surface area (Å²) in [5.41, 5.74) is 0. The zero-order valence-corrected chi connectivity index (χ0v) is 9.86. The summed E-state index contributed by atoms with van der Waals surface area (Å²) in [6.45, 7) is 5.87. The fourth-order valence-corrected chi connectivity index (χ4v) is 1.45.